The van der Waals surface area contributed by atoms with Crippen LogP contribution in [0.5, 0.6) is 0 Å². The molecule has 3 rings (SSSR count). The summed E-state index contributed by atoms with van der Waals surface area (Å²) in [6.07, 6.45) is -3.62. The molecule has 0 N–H and O–H groups in total. The van der Waals surface area contributed by atoms with E-state index in [0.29, 0.717) is 37.2 Å². The highest BCUT2D eigenvalue weighted by molar-refractivity contribution is 5.49. The Labute approximate surface area is 202 Å². The van der Waals surface area contributed by atoms with Crippen molar-refractivity contribution in [2.75, 3.05) is 39.8 Å². The Kier molecular flexibility index (Phi) is 8.77. The predicted octanol–water partition coefficient (Wildman–Crippen LogP) is 5.64. The summed E-state index contributed by atoms with van der Waals surface area (Å²) < 4.78 is 78.9. The molecule has 1 saturated heterocycles. The van der Waals surface area contributed by atoms with Crippen LogP contribution >= 0.6 is 0 Å². The molecule has 35 heavy (non-hydrogen) atoms. The summed E-state index contributed by atoms with van der Waals surface area (Å²) in [6.45, 7) is 7.97. The van der Waals surface area contributed by atoms with Gasteiger partial charge in [-0.3, -0.25) is 4.90 Å². The molecule has 0 atom stereocenters. The third kappa shape index (κ3) is 7.62. The Hall–Kier alpha value is -2.23. The van der Waals surface area contributed by atoms with Crippen LogP contribution in [0.25, 0.3) is 0 Å². The highest BCUT2D eigenvalue weighted by atomic mass is 19.4. The number of piperazine rings is 1. The number of carbonyl (C=O) groups excluding carboxylic acids is 1. The Morgan fingerprint density at radius 1 is 0.943 bits per heavy atom. The molecule has 1 heterocycles. The van der Waals surface area contributed by atoms with Gasteiger partial charge in [-0.05, 0) is 61.3 Å². The second kappa shape index (κ2) is 11.2. The van der Waals surface area contributed by atoms with Gasteiger partial charge in [0.15, 0.2) is 0 Å². The Bertz CT molecular complexity index is 837. The van der Waals surface area contributed by atoms with E-state index in [0.717, 1.165) is 63.7 Å². The molecular weight excluding hydrogens is 472 g/mol. The molecule has 1 aliphatic carbocycles. The minimum absolute atomic E-state index is 0.0698. The van der Waals surface area contributed by atoms with Gasteiger partial charge in [0.2, 0.25) is 0 Å². The maximum atomic E-state index is 13.2. The van der Waals surface area contributed by atoms with E-state index in [-0.39, 0.29) is 18.2 Å². The van der Waals surface area contributed by atoms with Crippen LogP contribution in [0.1, 0.15) is 48.8 Å². The number of hydrogen-bond acceptors (Lipinski definition) is 4. The number of benzene rings is 1. The lowest BCUT2D eigenvalue weighted by atomic mass is 9.80. The van der Waals surface area contributed by atoms with E-state index in [1.165, 1.54) is 0 Å². The van der Waals surface area contributed by atoms with Gasteiger partial charge < -0.3 is 14.6 Å². The van der Waals surface area contributed by atoms with E-state index in [2.05, 4.69) is 11.5 Å². The fourth-order valence-electron chi connectivity index (χ4n) is 5.06. The highest BCUT2D eigenvalue weighted by Gasteiger charge is 2.37. The molecule has 1 aromatic carbocycles. The lowest BCUT2D eigenvalue weighted by molar-refractivity contribution is -0.143. The second-order valence-corrected chi connectivity index (χ2v) is 9.76. The Morgan fingerprint density at radius 3 is 1.94 bits per heavy atom. The molecule has 1 saturated carbocycles. The maximum absolute atomic E-state index is 13.2. The lowest BCUT2D eigenvalue weighted by Crippen LogP contribution is -2.49. The lowest BCUT2D eigenvalue weighted by Gasteiger charge is -2.41. The summed E-state index contributed by atoms with van der Waals surface area (Å²) in [4.78, 5) is 16.7. The van der Waals surface area contributed by atoms with Crippen LogP contribution in [0.2, 0.25) is 0 Å². The largest absolute Gasteiger partial charge is 0.416 e. The first-order valence-corrected chi connectivity index (χ1v) is 12.0. The molecule has 10 heteroatoms. The zero-order chi connectivity index (χ0) is 25.8. The molecule has 0 aromatic heterocycles. The molecule has 1 aliphatic heterocycles. The quantitative estimate of drug-likeness (QED) is 0.338. The van der Waals surface area contributed by atoms with E-state index in [1.54, 1.807) is 11.9 Å². The fourth-order valence-corrected chi connectivity index (χ4v) is 5.06. The van der Waals surface area contributed by atoms with E-state index >= 15 is 0 Å². The Morgan fingerprint density at radius 2 is 1.46 bits per heavy atom. The minimum Gasteiger partial charge on any atom is -0.358 e. The molecule has 0 unspecified atom stereocenters. The number of rotatable bonds is 8. The van der Waals surface area contributed by atoms with E-state index in [9.17, 15) is 31.1 Å². The van der Waals surface area contributed by atoms with Gasteiger partial charge in [-0.2, -0.15) is 26.3 Å². The smallest absolute Gasteiger partial charge is 0.358 e. The van der Waals surface area contributed by atoms with Crippen molar-refractivity contribution >= 4 is 6.29 Å². The first-order chi connectivity index (χ1) is 16.4. The minimum atomic E-state index is -4.87. The van der Waals surface area contributed by atoms with Crippen LogP contribution in [0.4, 0.5) is 26.3 Å². The fraction of sp³-hybridized carbons (Fsp3) is 0.640. The average Bonchev–Trinajstić information content (AvgIpc) is 2.79. The van der Waals surface area contributed by atoms with Gasteiger partial charge in [0.05, 0.1) is 16.9 Å². The topological polar surface area (TPSA) is 26.8 Å². The summed E-state index contributed by atoms with van der Waals surface area (Å²) >= 11 is 0. The zero-order valence-corrected chi connectivity index (χ0v) is 20.0. The number of nitrogens with zero attached hydrogens (tertiary/aromatic N) is 3. The number of hydrogen-bond donors (Lipinski definition) is 0. The molecule has 2 fully saturated rings. The predicted molar refractivity (Wildman–Crippen MR) is 121 cm³/mol. The number of halogens is 6. The molecule has 0 bridgehead atoms. The molecule has 196 valence electrons. The van der Waals surface area contributed by atoms with Crippen molar-refractivity contribution in [3.8, 4) is 0 Å². The van der Waals surface area contributed by atoms with Crippen LogP contribution in [-0.2, 0) is 23.7 Å². The van der Waals surface area contributed by atoms with Crippen LogP contribution in [0.3, 0.4) is 0 Å². The monoisotopic (exact) mass is 505 g/mol. The molecule has 2 aliphatic rings. The zero-order valence-electron chi connectivity index (χ0n) is 20.0. The molecule has 0 amide bonds. The highest BCUT2D eigenvalue weighted by Crippen LogP contribution is 2.37. The van der Waals surface area contributed by atoms with Crippen LogP contribution in [0.15, 0.2) is 30.6 Å². The number of aldehydes is 1. The van der Waals surface area contributed by atoms with Gasteiger partial charge in [-0.15, -0.1) is 0 Å². The van der Waals surface area contributed by atoms with E-state index in [4.69, 9.17) is 0 Å². The number of carbonyl (C=O) groups is 1. The SMILES string of the molecule is C=C(N(C)Cc1cc(C(F)(F)F)cc(C(F)(F)F)c1)N1CCN(CC2CCC(CC=O)CC2)CC1. The summed E-state index contributed by atoms with van der Waals surface area (Å²) in [6, 6.07) is 1.67. The second-order valence-electron chi connectivity index (χ2n) is 9.76. The first kappa shape index (κ1) is 27.4. The van der Waals surface area contributed by atoms with Crippen LogP contribution < -0.4 is 0 Å². The van der Waals surface area contributed by atoms with Crippen molar-refractivity contribution in [2.45, 2.75) is 51.0 Å². The van der Waals surface area contributed by atoms with Crippen LogP contribution in [0, 0.1) is 11.8 Å². The summed E-state index contributed by atoms with van der Waals surface area (Å²) in [5.74, 6) is 1.72. The van der Waals surface area contributed by atoms with Crippen molar-refractivity contribution in [2.24, 2.45) is 11.8 Å². The molecular formula is C25H33F6N3O. The Balaban J connectivity index is 1.53. The van der Waals surface area contributed by atoms with Crippen LogP contribution in [-0.4, -0.2) is 60.8 Å². The van der Waals surface area contributed by atoms with Gasteiger partial charge in [-0.1, -0.05) is 6.58 Å². The first-order valence-electron chi connectivity index (χ1n) is 12.0. The summed E-state index contributed by atoms with van der Waals surface area (Å²) in [5.41, 5.74) is -2.69. The van der Waals surface area contributed by atoms with Crippen molar-refractivity contribution in [3.05, 3.63) is 47.3 Å². The van der Waals surface area contributed by atoms with Gasteiger partial charge in [-0.25, -0.2) is 0 Å². The maximum Gasteiger partial charge on any atom is 0.416 e. The van der Waals surface area contributed by atoms with E-state index in [1.807, 2.05) is 4.90 Å². The summed E-state index contributed by atoms with van der Waals surface area (Å²) in [7, 11) is 1.63. The van der Waals surface area contributed by atoms with Crippen molar-refractivity contribution < 1.29 is 31.1 Å². The molecule has 1 aromatic rings. The normalized spacial score (nSPS) is 22.2. The number of alkyl halides is 6. The third-order valence-electron chi connectivity index (χ3n) is 7.16. The molecule has 0 spiro atoms. The third-order valence-corrected chi connectivity index (χ3v) is 7.16. The molecule has 0 radical (unpaired) electrons. The van der Waals surface area contributed by atoms with Gasteiger partial charge in [0.1, 0.15) is 6.29 Å². The van der Waals surface area contributed by atoms with Gasteiger partial charge in [0, 0.05) is 52.7 Å². The molecule has 4 nitrogen and oxygen atoms in total. The average molecular weight is 506 g/mol. The van der Waals surface area contributed by atoms with Crippen molar-refractivity contribution in [3.63, 3.8) is 0 Å². The standard InChI is InChI=1S/C25H33F6N3O/c1-18(32(2)16-21-13-22(24(26,27)28)15-23(14-21)25(29,30)31)34-10-8-33(9-11-34)17-20-5-3-19(4-6-20)7-12-35/h12-15,19-20H,1,3-11,16-17H2,2H3. The van der Waals surface area contributed by atoms with Gasteiger partial charge >= 0.3 is 12.4 Å². The summed E-state index contributed by atoms with van der Waals surface area (Å²) in [5, 5.41) is 0. The van der Waals surface area contributed by atoms with Crippen molar-refractivity contribution in [1.29, 1.82) is 0 Å². The van der Waals surface area contributed by atoms with Gasteiger partial charge in [0.25, 0.3) is 0 Å². The van der Waals surface area contributed by atoms with Crippen molar-refractivity contribution in [1.82, 2.24) is 14.7 Å². The van der Waals surface area contributed by atoms with E-state index < -0.39 is 23.5 Å².